The molecule has 0 saturated carbocycles. The molecule has 5 rings (SSSR count). The van der Waals surface area contributed by atoms with Crippen LogP contribution in [-0.4, -0.2) is 33.4 Å². The number of rotatable bonds is 9. The maximum Gasteiger partial charge on any atom is 0.303 e. The summed E-state index contributed by atoms with van der Waals surface area (Å²) in [6.45, 7) is -0.0360. The fraction of sp³-hybridized carbons (Fsp3) is 0.333. The van der Waals surface area contributed by atoms with Gasteiger partial charge < -0.3 is 9.90 Å². The number of fused-ring (bicyclic) bond motifs is 1. The van der Waals surface area contributed by atoms with E-state index in [2.05, 4.69) is 0 Å². The molecule has 1 atom stereocenters. The highest BCUT2D eigenvalue weighted by Gasteiger charge is 2.35. The smallest absolute Gasteiger partial charge is 0.303 e. The zero-order valence-electron chi connectivity index (χ0n) is 20.8. The second-order valence-electron chi connectivity index (χ2n) is 10.1. The Morgan fingerprint density at radius 1 is 1.00 bits per heavy atom. The van der Waals surface area contributed by atoms with Gasteiger partial charge >= 0.3 is 5.97 Å². The van der Waals surface area contributed by atoms with E-state index in [1.807, 2.05) is 54.6 Å². The molecule has 1 unspecified atom stereocenters. The summed E-state index contributed by atoms with van der Waals surface area (Å²) in [5.74, 6) is -0.513. The van der Waals surface area contributed by atoms with Crippen LogP contribution in [0.3, 0.4) is 0 Å². The van der Waals surface area contributed by atoms with Gasteiger partial charge in [-0.3, -0.25) is 4.79 Å². The number of allylic oxidation sites excluding steroid dienone is 4. The number of aromatic nitrogens is 2. The standard InChI is InChI=1S/C30H30BFN2O3/c32-24-13-10-20(11-14-24)23-16-17-31(19-23)30(37)22-12-15-25-27(18-22)33-26(8-4-5-9-28(35)36)29(34-25)21-6-2-1-3-7-21/h1-3,6-7,10,12-13,15,18,23H,4-5,8-9,11,14,16-17,19H2,(H,35,36). The van der Waals surface area contributed by atoms with Gasteiger partial charge in [0.15, 0.2) is 0 Å². The number of hydrogen-bond donors (Lipinski definition) is 1. The lowest BCUT2D eigenvalue weighted by atomic mass is 9.43. The van der Waals surface area contributed by atoms with E-state index in [0.717, 1.165) is 47.9 Å². The lowest BCUT2D eigenvalue weighted by Gasteiger charge is -2.17. The van der Waals surface area contributed by atoms with Crippen molar-refractivity contribution in [1.82, 2.24) is 9.97 Å². The molecule has 0 spiro atoms. The summed E-state index contributed by atoms with van der Waals surface area (Å²) in [4.78, 5) is 34.2. The van der Waals surface area contributed by atoms with Crippen LogP contribution in [0.4, 0.5) is 4.39 Å². The molecule has 0 radical (unpaired) electrons. The van der Waals surface area contributed by atoms with Gasteiger partial charge in [-0.05, 0) is 49.8 Å². The SMILES string of the molecule is O=C(O)CCCCc1nc2cc(C(=O)B3CCC(C4=CC=C(F)CC4)C3)ccc2nc1-c1ccccc1. The second kappa shape index (κ2) is 11.2. The number of carboxylic acid groups (broad SMARTS) is 1. The molecule has 1 aliphatic heterocycles. The fourth-order valence-electron chi connectivity index (χ4n) is 5.57. The summed E-state index contributed by atoms with van der Waals surface area (Å²) >= 11 is 0. The number of benzene rings is 2. The number of carbonyl (C=O) groups is 2. The highest BCUT2D eigenvalue weighted by Crippen LogP contribution is 2.38. The van der Waals surface area contributed by atoms with Crippen LogP contribution >= 0.6 is 0 Å². The lowest BCUT2D eigenvalue weighted by molar-refractivity contribution is -0.137. The normalized spacial score (nSPS) is 17.5. The van der Waals surface area contributed by atoms with Crippen molar-refractivity contribution in [3.8, 4) is 11.3 Å². The van der Waals surface area contributed by atoms with Crippen LogP contribution in [-0.2, 0) is 11.2 Å². The van der Waals surface area contributed by atoms with E-state index >= 15 is 0 Å². The van der Waals surface area contributed by atoms with Gasteiger partial charge in [0, 0.05) is 24.0 Å². The molecule has 1 saturated heterocycles. The Morgan fingerprint density at radius 3 is 2.59 bits per heavy atom. The van der Waals surface area contributed by atoms with Crippen molar-refractivity contribution in [1.29, 1.82) is 0 Å². The van der Waals surface area contributed by atoms with Gasteiger partial charge in [-0.1, -0.05) is 67.1 Å². The first kappa shape index (κ1) is 25.1. The molecule has 1 fully saturated rings. The Morgan fingerprint density at radius 2 is 1.84 bits per heavy atom. The van der Waals surface area contributed by atoms with Crippen LogP contribution < -0.4 is 0 Å². The van der Waals surface area contributed by atoms with Gasteiger partial charge in [-0.2, -0.15) is 0 Å². The number of aliphatic carboxylic acids is 1. The number of carboxylic acids is 1. The zero-order valence-corrected chi connectivity index (χ0v) is 20.8. The maximum absolute atomic E-state index is 13.4. The molecular formula is C30H30BFN2O3. The summed E-state index contributed by atoms with van der Waals surface area (Å²) < 4.78 is 13.4. The molecular weight excluding hydrogens is 466 g/mol. The Hall–Kier alpha value is -3.61. The first-order valence-electron chi connectivity index (χ1n) is 13.1. The summed E-state index contributed by atoms with van der Waals surface area (Å²) in [6.07, 6.45) is 9.33. The number of nitrogens with zero attached hydrogens (tertiary/aromatic N) is 2. The molecule has 0 bridgehead atoms. The molecule has 2 aliphatic rings. The van der Waals surface area contributed by atoms with Crippen molar-refractivity contribution >= 4 is 29.4 Å². The predicted molar refractivity (Wildman–Crippen MR) is 144 cm³/mol. The Kier molecular flexibility index (Phi) is 7.59. The van der Waals surface area contributed by atoms with Crippen LogP contribution in [0.5, 0.6) is 0 Å². The molecule has 2 aromatic carbocycles. The Bertz CT molecular complexity index is 1390. The third-order valence-electron chi connectivity index (χ3n) is 7.58. The highest BCUT2D eigenvalue weighted by molar-refractivity contribution is 6.93. The van der Waals surface area contributed by atoms with Crippen LogP contribution in [0.2, 0.25) is 12.6 Å². The van der Waals surface area contributed by atoms with Gasteiger partial charge in [0.05, 0.1) is 22.4 Å². The zero-order chi connectivity index (χ0) is 25.8. The number of aryl methyl sites for hydroxylation is 1. The van der Waals surface area contributed by atoms with Gasteiger partial charge in [0.1, 0.15) is 11.5 Å². The highest BCUT2D eigenvalue weighted by atomic mass is 19.1. The molecule has 1 aliphatic carbocycles. The summed E-state index contributed by atoms with van der Waals surface area (Å²) in [6, 6.07) is 15.4. The molecule has 188 valence electrons. The molecule has 37 heavy (non-hydrogen) atoms. The van der Waals surface area contributed by atoms with Crippen molar-refractivity contribution in [3.05, 3.63) is 83.3 Å². The number of carbonyl (C=O) groups excluding carboxylic acids is 1. The maximum atomic E-state index is 13.4. The van der Waals surface area contributed by atoms with Gasteiger partial charge in [0.25, 0.3) is 0 Å². The average molecular weight is 496 g/mol. The number of unbranched alkanes of at least 4 members (excludes halogenated alkanes) is 1. The quantitative estimate of drug-likeness (QED) is 0.257. The Labute approximate surface area is 216 Å². The fourth-order valence-corrected chi connectivity index (χ4v) is 5.57. The van der Waals surface area contributed by atoms with Crippen molar-refractivity contribution in [2.75, 3.05) is 0 Å². The van der Waals surface area contributed by atoms with Gasteiger partial charge in [0.2, 0.25) is 6.71 Å². The molecule has 0 amide bonds. The molecule has 7 heteroatoms. The lowest BCUT2D eigenvalue weighted by Crippen LogP contribution is -2.23. The number of hydrogen-bond acceptors (Lipinski definition) is 4. The summed E-state index contributed by atoms with van der Waals surface area (Å²) in [5.41, 5.74) is 6.06. The largest absolute Gasteiger partial charge is 0.481 e. The van der Waals surface area contributed by atoms with E-state index in [1.54, 1.807) is 6.08 Å². The van der Waals surface area contributed by atoms with E-state index < -0.39 is 5.97 Å². The second-order valence-corrected chi connectivity index (χ2v) is 10.1. The number of halogens is 1. The van der Waals surface area contributed by atoms with E-state index in [0.29, 0.717) is 42.7 Å². The molecule has 2 heterocycles. The van der Waals surface area contributed by atoms with E-state index in [1.165, 1.54) is 5.57 Å². The predicted octanol–water partition coefficient (Wildman–Crippen LogP) is 6.90. The Balaban J connectivity index is 1.38. The van der Waals surface area contributed by atoms with Crippen LogP contribution in [0.1, 0.15) is 54.6 Å². The van der Waals surface area contributed by atoms with Crippen molar-refractivity contribution in [3.63, 3.8) is 0 Å². The minimum absolute atomic E-state index is 0.0360. The molecule has 5 nitrogen and oxygen atoms in total. The first-order valence-corrected chi connectivity index (χ1v) is 13.1. The first-order chi connectivity index (χ1) is 18.0. The van der Waals surface area contributed by atoms with Crippen LogP contribution in [0.15, 0.2) is 72.1 Å². The minimum atomic E-state index is -0.798. The van der Waals surface area contributed by atoms with Gasteiger partial charge in [-0.15, -0.1) is 0 Å². The van der Waals surface area contributed by atoms with Crippen molar-refractivity contribution < 1.29 is 19.1 Å². The third-order valence-corrected chi connectivity index (χ3v) is 7.58. The van der Waals surface area contributed by atoms with E-state index in [-0.39, 0.29) is 24.6 Å². The van der Waals surface area contributed by atoms with E-state index in [9.17, 15) is 14.0 Å². The topological polar surface area (TPSA) is 80.1 Å². The molecule has 3 aromatic rings. The van der Waals surface area contributed by atoms with Crippen LogP contribution in [0.25, 0.3) is 22.3 Å². The van der Waals surface area contributed by atoms with Crippen molar-refractivity contribution in [2.45, 2.75) is 57.6 Å². The monoisotopic (exact) mass is 496 g/mol. The van der Waals surface area contributed by atoms with Crippen molar-refractivity contribution in [2.24, 2.45) is 5.92 Å². The summed E-state index contributed by atoms with van der Waals surface area (Å²) in [5, 5.41) is 8.98. The van der Waals surface area contributed by atoms with E-state index in [4.69, 9.17) is 15.1 Å². The van der Waals surface area contributed by atoms with Crippen LogP contribution in [0, 0.1) is 5.92 Å². The molecule has 1 N–H and O–H groups in total. The third kappa shape index (κ3) is 5.87. The average Bonchev–Trinajstić information content (AvgIpc) is 3.41. The van der Waals surface area contributed by atoms with Gasteiger partial charge in [-0.25, -0.2) is 14.4 Å². The minimum Gasteiger partial charge on any atom is -0.481 e. The molecule has 1 aromatic heterocycles. The summed E-state index contributed by atoms with van der Waals surface area (Å²) in [7, 11) is 0.